The van der Waals surface area contributed by atoms with Crippen molar-refractivity contribution in [3.05, 3.63) is 65.0 Å². The lowest BCUT2D eigenvalue weighted by Gasteiger charge is -2.23. The van der Waals surface area contributed by atoms with Crippen molar-refractivity contribution in [2.45, 2.75) is 51.4 Å². The Hall–Kier alpha value is -2.77. The second-order valence-electron chi connectivity index (χ2n) is 8.67. The van der Waals surface area contributed by atoms with E-state index >= 15 is 0 Å². The summed E-state index contributed by atoms with van der Waals surface area (Å²) in [4.78, 5) is 16.6. The van der Waals surface area contributed by atoms with Crippen LogP contribution >= 0.6 is 0 Å². The summed E-state index contributed by atoms with van der Waals surface area (Å²) in [6.45, 7) is 6.75. The largest absolute Gasteiger partial charge is 0.444 e. The number of hydrogen-bond donors (Lipinski definition) is 3. The van der Waals surface area contributed by atoms with Gasteiger partial charge in [-0.1, -0.05) is 18.2 Å². The van der Waals surface area contributed by atoms with Gasteiger partial charge in [-0.05, 0) is 74.7 Å². The highest BCUT2D eigenvalue weighted by atomic mass is 19.1. The molecular weight excluding hydrogens is 397 g/mol. The maximum absolute atomic E-state index is 12.9. The van der Waals surface area contributed by atoms with Gasteiger partial charge in [-0.25, -0.2) is 9.18 Å². The van der Waals surface area contributed by atoms with Gasteiger partial charge >= 0.3 is 6.09 Å². The standard InChI is InChI=1S/C24H30FN3O3/c1-24(2,3)31-23(30)28-22-20-15-19(9-6-17(20)14-21(22)29)27-13-12-26-11-10-16-4-7-18(25)8-5-16/h4-9,13,15,21-22,26,29H,10-12,14H2,1-3H3,(H,28,30)/t21-,22?/m1/s1. The number of fused-ring (bicyclic) bond motifs is 1. The van der Waals surface area contributed by atoms with Gasteiger partial charge in [-0.3, -0.25) is 4.99 Å². The van der Waals surface area contributed by atoms with Gasteiger partial charge in [0.2, 0.25) is 0 Å². The summed E-state index contributed by atoms with van der Waals surface area (Å²) in [5.41, 5.74) is 3.07. The van der Waals surface area contributed by atoms with Crippen LogP contribution in [0.15, 0.2) is 47.5 Å². The molecule has 3 N–H and O–H groups in total. The van der Waals surface area contributed by atoms with Crippen LogP contribution in [0, 0.1) is 5.82 Å². The van der Waals surface area contributed by atoms with Gasteiger partial charge in [0.15, 0.2) is 0 Å². The van der Waals surface area contributed by atoms with Gasteiger partial charge in [-0.2, -0.15) is 0 Å². The summed E-state index contributed by atoms with van der Waals surface area (Å²) in [5.74, 6) is -0.228. The number of alkyl carbamates (subject to hydrolysis) is 1. The molecule has 0 aliphatic heterocycles. The molecule has 1 unspecified atom stereocenters. The second kappa shape index (κ2) is 10.0. The molecule has 0 radical (unpaired) electrons. The van der Waals surface area contributed by atoms with E-state index in [2.05, 4.69) is 15.6 Å². The quantitative estimate of drug-likeness (QED) is 0.463. The first kappa shape index (κ1) is 22.9. The van der Waals surface area contributed by atoms with Crippen LogP contribution in [0.2, 0.25) is 0 Å². The van der Waals surface area contributed by atoms with Gasteiger partial charge in [0, 0.05) is 19.2 Å². The molecule has 1 aliphatic carbocycles. The predicted octanol–water partition coefficient (Wildman–Crippen LogP) is 3.84. The van der Waals surface area contributed by atoms with Crippen molar-refractivity contribution in [1.82, 2.24) is 10.6 Å². The first-order valence-electron chi connectivity index (χ1n) is 10.5. The Labute approximate surface area is 182 Å². The molecule has 2 aromatic rings. The topological polar surface area (TPSA) is 83.0 Å². The fourth-order valence-electron chi connectivity index (χ4n) is 3.50. The van der Waals surface area contributed by atoms with E-state index in [1.165, 1.54) is 12.1 Å². The number of aliphatic imine (C=N–C) groups is 1. The lowest BCUT2D eigenvalue weighted by Crippen LogP contribution is -2.38. The Kier molecular flexibility index (Phi) is 7.41. The Bertz CT molecular complexity index is 923. The van der Waals surface area contributed by atoms with Crippen LogP contribution in [0.5, 0.6) is 0 Å². The average Bonchev–Trinajstić information content (AvgIpc) is 2.99. The van der Waals surface area contributed by atoms with E-state index in [1.807, 2.05) is 18.2 Å². The molecule has 0 fully saturated rings. The van der Waals surface area contributed by atoms with Crippen LogP contribution < -0.4 is 10.6 Å². The van der Waals surface area contributed by atoms with E-state index < -0.39 is 23.8 Å². The van der Waals surface area contributed by atoms with E-state index in [0.717, 1.165) is 35.3 Å². The monoisotopic (exact) mass is 427 g/mol. The molecule has 1 amide bonds. The fraction of sp³-hybridized carbons (Fsp3) is 0.417. The molecule has 0 aromatic heterocycles. The van der Waals surface area contributed by atoms with E-state index in [0.29, 0.717) is 13.0 Å². The Morgan fingerprint density at radius 2 is 2.00 bits per heavy atom. The van der Waals surface area contributed by atoms with Gasteiger partial charge in [-0.15, -0.1) is 0 Å². The number of halogens is 1. The highest BCUT2D eigenvalue weighted by molar-refractivity contribution is 5.70. The molecular formula is C24H30FN3O3. The lowest BCUT2D eigenvalue weighted by atomic mass is 10.1. The normalized spacial score (nSPS) is 18.2. The summed E-state index contributed by atoms with van der Waals surface area (Å²) in [6.07, 6.45) is 1.82. The molecule has 166 valence electrons. The number of benzene rings is 2. The van der Waals surface area contributed by atoms with Crippen molar-refractivity contribution < 1.29 is 19.0 Å². The number of nitrogens with one attached hydrogen (secondary N) is 2. The molecule has 6 nitrogen and oxygen atoms in total. The van der Waals surface area contributed by atoms with Crippen LogP contribution in [0.3, 0.4) is 0 Å². The highest BCUT2D eigenvalue weighted by Gasteiger charge is 2.33. The van der Waals surface area contributed by atoms with E-state index in [9.17, 15) is 14.3 Å². The van der Waals surface area contributed by atoms with Crippen molar-refractivity contribution in [1.29, 1.82) is 0 Å². The van der Waals surface area contributed by atoms with Crippen LogP contribution in [0.4, 0.5) is 14.9 Å². The molecule has 0 saturated carbocycles. The third kappa shape index (κ3) is 6.87. The number of aliphatic hydroxyl groups is 1. The third-order valence-electron chi connectivity index (χ3n) is 4.93. The molecule has 2 atom stereocenters. The molecule has 0 bridgehead atoms. The number of carbonyl (C=O) groups excluding carboxylic acids is 1. The maximum atomic E-state index is 12.9. The SMILES string of the molecule is CC(C)(C)OC(=O)NC1c2cc(N=CCNCCc3ccc(F)cc3)ccc2C[C@H]1O. The minimum absolute atomic E-state index is 0.228. The molecule has 1 aliphatic rings. The minimum atomic E-state index is -0.699. The molecule has 7 heteroatoms. The number of carbonyl (C=O) groups is 1. The zero-order valence-corrected chi connectivity index (χ0v) is 18.2. The van der Waals surface area contributed by atoms with Gasteiger partial charge in [0.25, 0.3) is 0 Å². The minimum Gasteiger partial charge on any atom is -0.444 e. The molecule has 3 rings (SSSR count). The van der Waals surface area contributed by atoms with E-state index in [4.69, 9.17) is 4.74 Å². The van der Waals surface area contributed by atoms with Gasteiger partial charge < -0.3 is 20.5 Å². The third-order valence-corrected chi connectivity index (χ3v) is 4.93. The molecule has 0 heterocycles. The number of rotatable bonds is 7. The van der Waals surface area contributed by atoms with Crippen molar-refractivity contribution in [2.24, 2.45) is 4.99 Å². The zero-order chi connectivity index (χ0) is 22.4. The zero-order valence-electron chi connectivity index (χ0n) is 18.2. The fourth-order valence-corrected chi connectivity index (χ4v) is 3.50. The van der Waals surface area contributed by atoms with E-state index in [-0.39, 0.29) is 5.82 Å². The predicted molar refractivity (Wildman–Crippen MR) is 119 cm³/mol. The number of hydrogen-bond acceptors (Lipinski definition) is 5. The first-order valence-corrected chi connectivity index (χ1v) is 10.5. The maximum Gasteiger partial charge on any atom is 0.408 e. The highest BCUT2D eigenvalue weighted by Crippen LogP contribution is 2.34. The van der Waals surface area contributed by atoms with Crippen LogP contribution in [-0.4, -0.2) is 42.2 Å². The summed E-state index contributed by atoms with van der Waals surface area (Å²) >= 11 is 0. The lowest BCUT2D eigenvalue weighted by molar-refractivity contribution is 0.0438. The van der Waals surface area contributed by atoms with Crippen molar-refractivity contribution in [3.8, 4) is 0 Å². The summed E-state index contributed by atoms with van der Waals surface area (Å²) in [6, 6.07) is 11.7. The Balaban J connectivity index is 1.52. The van der Waals surface area contributed by atoms with Crippen LogP contribution in [0.25, 0.3) is 0 Å². The smallest absolute Gasteiger partial charge is 0.408 e. The first-order chi connectivity index (χ1) is 14.7. The molecule has 31 heavy (non-hydrogen) atoms. The van der Waals surface area contributed by atoms with E-state index in [1.54, 1.807) is 39.1 Å². The molecule has 0 spiro atoms. The number of aliphatic hydroxyl groups excluding tert-OH is 1. The molecule has 0 saturated heterocycles. The van der Waals surface area contributed by atoms with Crippen molar-refractivity contribution in [3.63, 3.8) is 0 Å². The van der Waals surface area contributed by atoms with Gasteiger partial charge in [0.1, 0.15) is 11.4 Å². The number of nitrogens with zero attached hydrogens (tertiary/aromatic N) is 1. The van der Waals surface area contributed by atoms with Crippen molar-refractivity contribution >= 4 is 18.0 Å². The number of amides is 1. The summed E-state index contributed by atoms with van der Waals surface area (Å²) in [7, 11) is 0. The average molecular weight is 428 g/mol. The van der Waals surface area contributed by atoms with Crippen LogP contribution in [0.1, 0.15) is 43.5 Å². The molecule has 2 aromatic carbocycles. The second-order valence-corrected chi connectivity index (χ2v) is 8.67. The van der Waals surface area contributed by atoms with Crippen molar-refractivity contribution in [2.75, 3.05) is 13.1 Å². The van der Waals surface area contributed by atoms with Gasteiger partial charge in [0.05, 0.1) is 17.8 Å². The summed E-state index contributed by atoms with van der Waals surface area (Å²) in [5, 5.41) is 16.4. The Morgan fingerprint density at radius 1 is 1.26 bits per heavy atom. The Morgan fingerprint density at radius 3 is 2.71 bits per heavy atom. The number of ether oxygens (including phenoxy) is 1. The van der Waals surface area contributed by atoms with Crippen LogP contribution in [-0.2, 0) is 17.6 Å². The summed E-state index contributed by atoms with van der Waals surface area (Å²) < 4.78 is 18.2.